The van der Waals surface area contributed by atoms with Gasteiger partial charge in [0.05, 0.1) is 11.3 Å². The lowest BCUT2D eigenvalue weighted by Crippen LogP contribution is -2.09. The molecule has 6 heteroatoms. The van der Waals surface area contributed by atoms with Crippen LogP contribution in [0.3, 0.4) is 0 Å². The summed E-state index contributed by atoms with van der Waals surface area (Å²) in [7, 11) is 0. The van der Waals surface area contributed by atoms with E-state index in [-0.39, 0.29) is 5.56 Å². The molecule has 0 aliphatic heterocycles. The van der Waals surface area contributed by atoms with Gasteiger partial charge in [-0.1, -0.05) is 25.4 Å². The second-order valence-corrected chi connectivity index (χ2v) is 4.47. The fourth-order valence-corrected chi connectivity index (χ4v) is 2.00. The molecule has 2 rings (SSSR count). The fraction of sp³-hybridized carbons (Fsp3) is 0.308. The lowest BCUT2D eigenvalue weighted by molar-refractivity contribution is 0.0696. The Balaban J connectivity index is 2.64. The molecule has 100 valence electrons. The lowest BCUT2D eigenvalue weighted by atomic mass is 10.2. The van der Waals surface area contributed by atoms with Crippen molar-refractivity contribution in [3.8, 4) is 5.69 Å². The molecule has 0 unspecified atom stereocenters. The number of aryl methyl sites for hydroxylation is 2. The van der Waals surface area contributed by atoms with Gasteiger partial charge in [-0.05, 0) is 18.2 Å². The normalized spacial score (nSPS) is 10.7. The van der Waals surface area contributed by atoms with E-state index < -0.39 is 5.97 Å². The molecule has 2 aromatic rings. The van der Waals surface area contributed by atoms with E-state index in [1.807, 2.05) is 13.8 Å². The van der Waals surface area contributed by atoms with Crippen molar-refractivity contribution in [2.45, 2.75) is 26.7 Å². The van der Waals surface area contributed by atoms with Crippen molar-refractivity contribution in [1.82, 2.24) is 14.8 Å². The van der Waals surface area contributed by atoms with E-state index in [9.17, 15) is 9.90 Å². The van der Waals surface area contributed by atoms with Gasteiger partial charge in [0.2, 0.25) is 0 Å². The van der Waals surface area contributed by atoms with Gasteiger partial charge in [0.15, 0.2) is 5.82 Å². The minimum atomic E-state index is -1.03. The first kappa shape index (κ1) is 13.5. The zero-order valence-electron chi connectivity index (χ0n) is 10.7. The molecule has 0 aliphatic rings. The summed E-state index contributed by atoms with van der Waals surface area (Å²) in [5, 5.41) is 14.0. The number of aromatic nitrogens is 3. The summed E-state index contributed by atoms with van der Waals surface area (Å²) in [6.07, 6.45) is 1.38. The van der Waals surface area contributed by atoms with Crippen molar-refractivity contribution >= 4 is 17.6 Å². The number of benzene rings is 1. The van der Waals surface area contributed by atoms with Gasteiger partial charge in [0.25, 0.3) is 0 Å². The van der Waals surface area contributed by atoms with Crippen LogP contribution in [0.5, 0.6) is 0 Å². The average Bonchev–Trinajstić information content (AvgIpc) is 2.81. The Hall–Kier alpha value is -1.88. The van der Waals surface area contributed by atoms with Crippen LogP contribution in [0.4, 0.5) is 0 Å². The first-order valence-corrected chi connectivity index (χ1v) is 6.42. The summed E-state index contributed by atoms with van der Waals surface area (Å²) < 4.78 is 1.58. The Labute approximate surface area is 115 Å². The number of aromatic carboxylic acids is 1. The van der Waals surface area contributed by atoms with Gasteiger partial charge >= 0.3 is 5.97 Å². The largest absolute Gasteiger partial charge is 0.478 e. The number of hydrogen-bond donors (Lipinski definition) is 1. The second-order valence-electron chi connectivity index (χ2n) is 4.03. The molecule has 0 fully saturated rings. The Morgan fingerprint density at radius 2 is 2.11 bits per heavy atom. The molecule has 1 N–H and O–H groups in total. The molecule has 1 aromatic heterocycles. The van der Waals surface area contributed by atoms with Crippen LogP contribution in [0.15, 0.2) is 18.2 Å². The van der Waals surface area contributed by atoms with Gasteiger partial charge in [-0.15, -0.1) is 0 Å². The standard InChI is InChI=1S/C13H14ClN3O2/c1-3-11-15-12(4-2)17(16-11)10-6-5-8(14)7-9(10)13(18)19/h5-7H,3-4H2,1-2H3,(H,18,19). The van der Waals surface area contributed by atoms with Crippen molar-refractivity contribution in [3.05, 3.63) is 40.4 Å². The predicted octanol–water partition coefficient (Wildman–Crippen LogP) is 2.74. The van der Waals surface area contributed by atoms with Crippen LogP contribution in [-0.4, -0.2) is 25.8 Å². The monoisotopic (exact) mass is 279 g/mol. The number of halogens is 1. The quantitative estimate of drug-likeness (QED) is 0.934. The molecular formula is C13H14ClN3O2. The molecule has 0 amide bonds. The molecule has 1 aromatic carbocycles. The van der Waals surface area contributed by atoms with Gasteiger partial charge in [-0.3, -0.25) is 0 Å². The number of carbonyl (C=O) groups is 1. The van der Waals surface area contributed by atoms with Crippen molar-refractivity contribution < 1.29 is 9.90 Å². The van der Waals surface area contributed by atoms with E-state index in [0.29, 0.717) is 29.4 Å². The minimum absolute atomic E-state index is 0.120. The van der Waals surface area contributed by atoms with Crippen LogP contribution in [0.25, 0.3) is 5.69 Å². The summed E-state index contributed by atoms with van der Waals surface area (Å²) >= 11 is 5.85. The first-order valence-electron chi connectivity index (χ1n) is 6.04. The third kappa shape index (κ3) is 2.61. The highest BCUT2D eigenvalue weighted by Gasteiger charge is 2.16. The smallest absolute Gasteiger partial charge is 0.337 e. The fourth-order valence-electron chi connectivity index (χ4n) is 1.83. The molecule has 0 radical (unpaired) electrons. The summed E-state index contributed by atoms with van der Waals surface area (Å²) in [4.78, 5) is 15.7. The zero-order valence-corrected chi connectivity index (χ0v) is 11.5. The SMILES string of the molecule is CCc1nc(CC)n(-c2ccc(Cl)cc2C(=O)O)n1. The summed E-state index contributed by atoms with van der Waals surface area (Å²) in [5.74, 6) is 0.401. The molecule has 0 bridgehead atoms. The molecule has 5 nitrogen and oxygen atoms in total. The van der Waals surface area contributed by atoms with E-state index in [4.69, 9.17) is 11.6 Å². The van der Waals surface area contributed by atoms with Gasteiger partial charge in [0, 0.05) is 17.9 Å². The van der Waals surface area contributed by atoms with Crippen LogP contribution in [0.1, 0.15) is 35.9 Å². The van der Waals surface area contributed by atoms with Crippen molar-refractivity contribution in [2.75, 3.05) is 0 Å². The van der Waals surface area contributed by atoms with Gasteiger partial charge in [-0.2, -0.15) is 5.10 Å². The number of carboxylic acids is 1. The zero-order chi connectivity index (χ0) is 14.0. The molecular weight excluding hydrogens is 266 g/mol. The van der Waals surface area contributed by atoms with E-state index in [1.54, 1.807) is 16.8 Å². The van der Waals surface area contributed by atoms with Crippen molar-refractivity contribution in [3.63, 3.8) is 0 Å². The third-order valence-corrected chi connectivity index (χ3v) is 3.00. The van der Waals surface area contributed by atoms with Gasteiger partial charge in [0.1, 0.15) is 5.82 Å². The number of carboxylic acid groups (broad SMARTS) is 1. The second kappa shape index (κ2) is 5.40. The topological polar surface area (TPSA) is 68.0 Å². The number of nitrogens with zero attached hydrogens (tertiary/aromatic N) is 3. The van der Waals surface area contributed by atoms with Crippen LogP contribution in [0.2, 0.25) is 5.02 Å². The maximum atomic E-state index is 11.3. The Kier molecular flexibility index (Phi) is 3.85. The number of hydrogen-bond acceptors (Lipinski definition) is 3. The highest BCUT2D eigenvalue weighted by Crippen LogP contribution is 2.21. The van der Waals surface area contributed by atoms with E-state index >= 15 is 0 Å². The van der Waals surface area contributed by atoms with E-state index in [0.717, 1.165) is 5.82 Å². The highest BCUT2D eigenvalue weighted by atomic mass is 35.5. The lowest BCUT2D eigenvalue weighted by Gasteiger charge is -2.08. The van der Waals surface area contributed by atoms with Gasteiger partial charge < -0.3 is 5.11 Å². The molecule has 1 heterocycles. The maximum Gasteiger partial charge on any atom is 0.337 e. The van der Waals surface area contributed by atoms with Crippen LogP contribution >= 0.6 is 11.6 Å². The van der Waals surface area contributed by atoms with E-state index in [1.165, 1.54) is 6.07 Å². The molecule has 0 aliphatic carbocycles. The third-order valence-electron chi connectivity index (χ3n) is 2.77. The average molecular weight is 280 g/mol. The maximum absolute atomic E-state index is 11.3. The Morgan fingerprint density at radius 1 is 1.37 bits per heavy atom. The highest BCUT2D eigenvalue weighted by molar-refractivity contribution is 6.31. The molecule has 0 spiro atoms. The van der Waals surface area contributed by atoms with Crippen LogP contribution in [-0.2, 0) is 12.8 Å². The molecule has 0 saturated heterocycles. The van der Waals surface area contributed by atoms with Crippen LogP contribution < -0.4 is 0 Å². The summed E-state index contributed by atoms with van der Waals surface area (Å²) in [6.45, 7) is 3.91. The Morgan fingerprint density at radius 3 is 2.68 bits per heavy atom. The van der Waals surface area contributed by atoms with Crippen LogP contribution in [0, 0.1) is 0 Å². The van der Waals surface area contributed by atoms with Gasteiger partial charge in [-0.25, -0.2) is 14.5 Å². The summed E-state index contributed by atoms with van der Waals surface area (Å²) in [5.41, 5.74) is 0.607. The molecule has 19 heavy (non-hydrogen) atoms. The molecule has 0 atom stereocenters. The van der Waals surface area contributed by atoms with Crippen molar-refractivity contribution in [2.24, 2.45) is 0 Å². The predicted molar refractivity (Wildman–Crippen MR) is 72.1 cm³/mol. The number of rotatable bonds is 4. The molecule has 0 saturated carbocycles. The minimum Gasteiger partial charge on any atom is -0.478 e. The first-order chi connectivity index (χ1) is 9.06. The van der Waals surface area contributed by atoms with E-state index in [2.05, 4.69) is 10.1 Å². The Bertz CT molecular complexity index is 622. The summed E-state index contributed by atoms with van der Waals surface area (Å²) in [6, 6.07) is 4.72. The van der Waals surface area contributed by atoms with Crippen molar-refractivity contribution in [1.29, 1.82) is 0 Å².